The van der Waals surface area contributed by atoms with Gasteiger partial charge in [0, 0.05) is 12.5 Å². The second-order valence-electron chi connectivity index (χ2n) is 10.2. The molecule has 1 aliphatic carbocycles. The van der Waals surface area contributed by atoms with Gasteiger partial charge in [-0.05, 0) is 30.7 Å². The quantitative estimate of drug-likeness (QED) is 0.150. The highest BCUT2D eigenvalue weighted by Gasteiger charge is 2.69. The molecule has 10 atom stereocenters. The van der Waals surface area contributed by atoms with E-state index in [9.17, 15) is 40.2 Å². The van der Waals surface area contributed by atoms with Crippen molar-refractivity contribution < 1.29 is 68.6 Å². The molecule has 0 spiro atoms. The first-order chi connectivity index (χ1) is 19.4. The van der Waals surface area contributed by atoms with E-state index < -0.39 is 85.2 Å². The summed E-state index contributed by atoms with van der Waals surface area (Å²) in [7, 11) is 2.60. The van der Waals surface area contributed by atoms with Crippen LogP contribution in [-0.4, -0.2) is 118 Å². The number of rotatable bonds is 8. The van der Waals surface area contributed by atoms with E-state index in [0.717, 1.165) is 19.4 Å². The number of methoxy groups -OCH3 is 2. The van der Waals surface area contributed by atoms with Gasteiger partial charge in [0.25, 0.3) is 0 Å². The summed E-state index contributed by atoms with van der Waals surface area (Å²) in [6.07, 6.45) is -8.29. The number of fused-ring (bicyclic) bond motifs is 1. The molecule has 2 fully saturated rings. The molecule has 14 heteroatoms. The summed E-state index contributed by atoms with van der Waals surface area (Å²) in [5.41, 5.74) is -4.03. The molecule has 2 heterocycles. The number of benzene rings is 1. The maximum atomic E-state index is 12.7. The van der Waals surface area contributed by atoms with Crippen LogP contribution in [0.15, 0.2) is 42.2 Å². The Morgan fingerprint density at radius 3 is 2.34 bits per heavy atom. The minimum absolute atomic E-state index is 0.383. The van der Waals surface area contributed by atoms with E-state index in [4.69, 9.17) is 28.4 Å². The number of aliphatic hydroxyl groups is 6. The van der Waals surface area contributed by atoms with Gasteiger partial charge in [-0.25, -0.2) is 9.59 Å². The molecular formula is C27H34O14. The fourth-order valence-electron chi connectivity index (χ4n) is 5.37. The third-order valence-corrected chi connectivity index (χ3v) is 7.66. The highest BCUT2D eigenvalue weighted by molar-refractivity contribution is 5.91. The average molecular weight is 583 g/mol. The molecule has 0 bridgehead atoms. The van der Waals surface area contributed by atoms with Gasteiger partial charge in [0.15, 0.2) is 6.29 Å². The summed E-state index contributed by atoms with van der Waals surface area (Å²) in [6.45, 7) is 0.518. The van der Waals surface area contributed by atoms with Crippen LogP contribution < -0.4 is 4.74 Å². The minimum atomic E-state index is -2.21. The molecule has 226 valence electrons. The lowest BCUT2D eigenvalue weighted by Crippen LogP contribution is -2.62. The molecule has 14 nitrogen and oxygen atoms in total. The zero-order valence-corrected chi connectivity index (χ0v) is 22.5. The van der Waals surface area contributed by atoms with E-state index in [0.29, 0.717) is 11.3 Å². The Hall–Kier alpha value is -3.08. The smallest absolute Gasteiger partial charge is 0.339 e. The molecule has 3 aliphatic rings. The molecule has 0 radical (unpaired) electrons. The Balaban J connectivity index is 1.58. The summed E-state index contributed by atoms with van der Waals surface area (Å²) in [6, 6.07) is 6.81. The molecule has 2 aliphatic heterocycles. The van der Waals surface area contributed by atoms with E-state index in [1.807, 2.05) is 0 Å². The molecule has 1 saturated heterocycles. The molecule has 0 aromatic heterocycles. The monoisotopic (exact) mass is 582 g/mol. The number of hydrogen-bond acceptors (Lipinski definition) is 14. The van der Waals surface area contributed by atoms with Gasteiger partial charge in [-0.1, -0.05) is 12.1 Å². The highest BCUT2D eigenvalue weighted by Crippen LogP contribution is 2.53. The summed E-state index contributed by atoms with van der Waals surface area (Å²) < 4.78 is 31.9. The van der Waals surface area contributed by atoms with Crippen molar-refractivity contribution in [2.24, 2.45) is 5.92 Å². The predicted octanol–water partition coefficient (Wildman–Crippen LogP) is -1.65. The second-order valence-corrected chi connectivity index (χ2v) is 10.2. The Bertz CT molecular complexity index is 1160. The van der Waals surface area contributed by atoms with E-state index >= 15 is 0 Å². The van der Waals surface area contributed by atoms with Gasteiger partial charge in [-0.3, -0.25) is 0 Å². The van der Waals surface area contributed by atoms with Crippen molar-refractivity contribution in [1.82, 2.24) is 0 Å². The number of esters is 2. The van der Waals surface area contributed by atoms with Gasteiger partial charge in [0.05, 0.1) is 33.0 Å². The number of carbonyl (C=O) groups excluding carboxylic acids is 2. The first-order valence-corrected chi connectivity index (χ1v) is 12.7. The molecule has 6 N–H and O–H groups in total. The van der Waals surface area contributed by atoms with Crippen molar-refractivity contribution in [2.45, 2.75) is 67.6 Å². The number of hydrogen-bond donors (Lipinski definition) is 6. The van der Waals surface area contributed by atoms with Crippen LogP contribution in [0.1, 0.15) is 18.9 Å². The molecule has 0 amide bonds. The molecular weight excluding hydrogens is 548 g/mol. The number of ether oxygens (including phenoxy) is 6. The van der Waals surface area contributed by atoms with Crippen molar-refractivity contribution >= 4 is 18.0 Å². The average Bonchev–Trinajstić information content (AvgIpc) is 3.16. The third-order valence-electron chi connectivity index (χ3n) is 7.66. The minimum Gasteiger partial charge on any atom is -0.497 e. The van der Waals surface area contributed by atoms with Gasteiger partial charge < -0.3 is 59.1 Å². The summed E-state index contributed by atoms with van der Waals surface area (Å²) >= 11 is 0. The summed E-state index contributed by atoms with van der Waals surface area (Å²) in [4.78, 5) is 25.3. The molecule has 1 aromatic rings. The zero-order chi connectivity index (χ0) is 30.1. The lowest BCUT2D eigenvalue weighted by molar-refractivity contribution is -0.352. The van der Waals surface area contributed by atoms with Crippen LogP contribution in [-0.2, 0) is 33.3 Å². The fourth-order valence-corrected chi connectivity index (χ4v) is 5.37. The van der Waals surface area contributed by atoms with Crippen LogP contribution in [0.5, 0.6) is 5.75 Å². The SMILES string of the molecule is COC(=O)C1=COC(OC2OC(CO)C(O)C(O)C2O)C2C1(O)CC(OC(=O)/C=C/c1ccc(OC)cc1)C2(C)O. The Morgan fingerprint density at radius 2 is 1.73 bits per heavy atom. The van der Waals surface area contributed by atoms with E-state index in [2.05, 4.69) is 0 Å². The topological polar surface area (TPSA) is 211 Å². The van der Waals surface area contributed by atoms with Gasteiger partial charge >= 0.3 is 11.9 Å². The van der Waals surface area contributed by atoms with Crippen LogP contribution in [0, 0.1) is 5.92 Å². The zero-order valence-electron chi connectivity index (χ0n) is 22.5. The molecule has 4 rings (SSSR count). The molecule has 41 heavy (non-hydrogen) atoms. The van der Waals surface area contributed by atoms with Crippen molar-refractivity contribution in [3.63, 3.8) is 0 Å². The van der Waals surface area contributed by atoms with Crippen LogP contribution in [0.4, 0.5) is 0 Å². The van der Waals surface area contributed by atoms with Gasteiger partial charge in [0.1, 0.15) is 53.0 Å². The number of aliphatic hydroxyl groups excluding tert-OH is 4. The van der Waals surface area contributed by atoms with Crippen molar-refractivity contribution in [3.05, 3.63) is 47.7 Å². The summed E-state index contributed by atoms with van der Waals surface area (Å²) in [5.74, 6) is -2.74. The van der Waals surface area contributed by atoms with E-state index in [-0.39, 0.29) is 5.57 Å². The van der Waals surface area contributed by atoms with Gasteiger partial charge in [0.2, 0.25) is 6.29 Å². The maximum Gasteiger partial charge on any atom is 0.339 e. The molecule has 10 unspecified atom stereocenters. The first-order valence-electron chi connectivity index (χ1n) is 12.7. The highest BCUT2D eigenvalue weighted by atomic mass is 16.8. The largest absolute Gasteiger partial charge is 0.497 e. The first kappa shape index (κ1) is 30.9. The predicted molar refractivity (Wildman–Crippen MR) is 135 cm³/mol. The number of carbonyl (C=O) groups is 2. The van der Waals surface area contributed by atoms with Crippen molar-refractivity contribution in [2.75, 3.05) is 20.8 Å². The Morgan fingerprint density at radius 1 is 1.05 bits per heavy atom. The van der Waals surface area contributed by atoms with Crippen molar-refractivity contribution in [1.29, 1.82) is 0 Å². The lowest BCUT2D eigenvalue weighted by atomic mass is 9.77. The van der Waals surface area contributed by atoms with Crippen LogP contribution >= 0.6 is 0 Å². The fraction of sp³-hybridized carbons (Fsp3) is 0.556. The third kappa shape index (κ3) is 5.82. The molecule has 1 saturated carbocycles. The summed E-state index contributed by atoms with van der Waals surface area (Å²) in [5, 5.41) is 63.4. The second kappa shape index (κ2) is 12.0. The maximum absolute atomic E-state index is 12.7. The van der Waals surface area contributed by atoms with Crippen molar-refractivity contribution in [3.8, 4) is 5.75 Å². The lowest BCUT2D eigenvalue weighted by Gasteiger charge is -2.46. The normalized spacial score (nSPS) is 38.5. The van der Waals surface area contributed by atoms with Crippen LogP contribution in [0.25, 0.3) is 6.08 Å². The standard InChI is InChI=1S/C27H34O14/c1-26(34)17(40-18(29)9-6-13-4-7-14(36-2)8-5-13)10-27(35)15(23(33)37-3)12-38-25(22(26)27)41-24-21(32)20(31)19(30)16(11-28)39-24/h4-9,12,16-17,19-22,24-25,28,30-32,34-35H,10-11H2,1-3H3/b9-6+. The van der Waals surface area contributed by atoms with Gasteiger partial charge in [-0.15, -0.1) is 0 Å². The van der Waals surface area contributed by atoms with Crippen LogP contribution in [0.3, 0.4) is 0 Å². The Kier molecular flexibility index (Phi) is 9.06. The Labute approximate surface area is 234 Å². The van der Waals surface area contributed by atoms with E-state index in [1.165, 1.54) is 20.1 Å². The van der Waals surface area contributed by atoms with Gasteiger partial charge in [-0.2, -0.15) is 0 Å². The molecule has 1 aromatic carbocycles. The van der Waals surface area contributed by atoms with Crippen LogP contribution in [0.2, 0.25) is 0 Å². The van der Waals surface area contributed by atoms with E-state index in [1.54, 1.807) is 24.3 Å².